The van der Waals surface area contributed by atoms with E-state index >= 15 is 0 Å². The van der Waals surface area contributed by atoms with Crippen LogP contribution in [0.5, 0.6) is 0 Å². The van der Waals surface area contributed by atoms with Crippen molar-refractivity contribution in [1.82, 2.24) is 14.8 Å². The Kier molecular flexibility index (Phi) is 5.89. The van der Waals surface area contributed by atoms with Crippen LogP contribution in [-0.4, -0.2) is 46.9 Å². The van der Waals surface area contributed by atoms with Crippen molar-refractivity contribution in [2.24, 2.45) is 7.05 Å². The van der Waals surface area contributed by atoms with Crippen molar-refractivity contribution in [3.63, 3.8) is 0 Å². The zero-order chi connectivity index (χ0) is 13.5. The van der Waals surface area contributed by atoms with Crippen LogP contribution in [0.15, 0.2) is 18.3 Å². The average Bonchev–Trinajstić information content (AvgIpc) is 3.02. The van der Waals surface area contributed by atoms with Crippen LogP contribution in [0.25, 0.3) is 0 Å². The van der Waals surface area contributed by atoms with Crippen LogP contribution in [0.4, 0.5) is 0 Å². The smallest absolute Gasteiger partial charge is 0.0586 e. The zero-order valence-electron chi connectivity index (χ0n) is 12.0. The second kappa shape index (κ2) is 7.68. The Morgan fingerprint density at radius 3 is 3.05 bits per heavy atom. The predicted octanol–water partition coefficient (Wildman–Crippen LogP) is 1.35. The van der Waals surface area contributed by atoms with Crippen LogP contribution in [0.1, 0.15) is 31.4 Å². The summed E-state index contributed by atoms with van der Waals surface area (Å²) in [5.41, 5.74) is 1.33. The lowest BCUT2D eigenvalue weighted by atomic mass is 10.2. The molecule has 1 atom stereocenters. The summed E-state index contributed by atoms with van der Waals surface area (Å²) in [6.07, 6.45) is 6.92. The number of hydrogen-bond acceptors (Lipinski definition) is 3. The normalized spacial score (nSPS) is 20.2. The van der Waals surface area contributed by atoms with E-state index in [1.54, 1.807) is 0 Å². The molecule has 4 heteroatoms. The molecule has 1 fully saturated rings. The van der Waals surface area contributed by atoms with E-state index in [9.17, 15) is 5.11 Å². The van der Waals surface area contributed by atoms with Gasteiger partial charge in [-0.3, -0.25) is 4.90 Å². The minimum Gasteiger partial charge on any atom is -0.395 e. The van der Waals surface area contributed by atoms with Crippen LogP contribution in [0.2, 0.25) is 0 Å². The maximum atomic E-state index is 9.25. The minimum atomic E-state index is 0.325. The Hall–Kier alpha value is -0.840. The lowest BCUT2D eigenvalue weighted by Gasteiger charge is -2.22. The largest absolute Gasteiger partial charge is 0.395 e. The molecule has 0 saturated carbocycles. The van der Waals surface area contributed by atoms with Crippen LogP contribution in [0.3, 0.4) is 0 Å². The van der Waals surface area contributed by atoms with Gasteiger partial charge in [0.05, 0.1) is 6.61 Å². The molecule has 0 amide bonds. The first-order valence-corrected chi connectivity index (χ1v) is 7.47. The third-order valence-electron chi connectivity index (χ3n) is 4.12. The molecule has 1 unspecified atom stereocenters. The molecule has 2 rings (SSSR count). The number of hydrogen-bond donors (Lipinski definition) is 2. The summed E-state index contributed by atoms with van der Waals surface area (Å²) in [5, 5.41) is 12.7. The van der Waals surface area contributed by atoms with Crippen LogP contribution < -0.4 is 5.32 Å². The first kappa shape index (κ1) is 14.6. The molecular weight excluding hydrogens is 238 g/mol. The van der Waals surface area contributed by atoms with Crippen LogP contribution >= 0.6 is 0 Å². The molecule has 0 aliphatic carbocycles. The number of nitrogens with zero attached hydrogens (tertiary/aromatic N) is 2. The number of aromatic nitrogens is 1. The monoisotopic (exact) mass is 265 g/mol. The van der Waals surface area contributed by atoms with E-state index < -0.39 is 0 Å². The van der Waals surface area contributed by atoms with Gasteiger partial charge in [0, 0.05) is 31.5 Å². The molecule has 1 aliphatic heterocycles. The van der Waals surface area contributed by atoms with Crippen molar-refractivity contribution in [1.29, 1.82) is 0 Å². The number of aliphatic hydroxyl groups is 1. The Labute approximate surface area is 116 Å². The number of likely N-dealkylation sites (tertiary alicyclic amines) is 1. The quantitative estimate of drug-likeness (QED) is 0.697. The van der Waals surface area contributed by atoms with Crippen molar-refractivity contribution < 1.29 is 5.11 Å². The van der Waals surface area contributed by atoms with Crippen molar-refractivity contribution in [3.05, 3.63) is 24.0 Å². The van der Waals surface area contributed by atoms with Gasteiger partial charge in [-0.25, -0.2) is 0 Å². The number of unbranched alkanes of at least 4 members (excludes halogenated alkanes) is 1. The molecular formula is C15H27N3O. The Morgan fingerprint density at radius 2 is 2.32 bits per heavy atom. The van der Waals surface area contributed by atoms with Gasteiger partial charge in [-0.1, -0.05) is 0 Å². The molecule has 108 valence electrons. The molecule has 2 heterocycles. The zero-order valence-corrected chi connectivity index (χ0v) is 12.0. The highest BCUT2D eigenvalue weighted by molar-refractivity contribution is 5.05. The van der Waals surface area contributed by atoms with Gasteiger partial charge in [0.1, 0.15) is 0 Å². The van der Waals surface area contributed by atoms with Gasteiger partial charge >= 0.3 is 0 Å². The average molecular weight is 265 g/mol. The topological polar surface area (TPSA) is 40.4 Å². The van der Waals surface area contributed by atoms with E-state index in [4.69, 9.17) is 0 Å². The van der Waals surface area contributed by atoms with Crippen molar-refractivity contribution in [3.8, 4) is 0 Å². The molecule has 1 saturated heterocycles. The summed E-state index contributed by atoms with van der Waals surface area (Å²) in [4.78, 5) is 2.44. The summed E-state index contributed by atoms with van der Waals surface area (Å²) < 4.78 is 2.16. The van der Waals surface area contributed by atoms with Crippen molar-refractivity contribution in [2.75, 3.05) is 26.2 Å². The van der Waals surface area contributed by atoms with E-state index in [2.05, 4.69) is 40.2 Å². The third kappa shape index (κ3) is 4.34. The molecule has 0 aromatic carbocycles. The summed E-state index contributed by atoms with van der Waals surface area (Å²) in [5.74, 6) is 0. The van der Waals surface area contributed by atoms with E-state index in [1.807, 2.05) is 0 Å². The van der Waals surface area contributed by atoms with Crippen molar-refractivity contribution in [2.45, 2.75) is 38.3 Å². The fourth-order valence-electron chi connectivity index (χ4n) is 2.86. The first-order valence-electron chi connectivity index (χ1n) is 7.47. The Morgan fingerprint density at radius 1 is 1.42 bits per heavy atom. The second-order valence-corrected chi connectivity index (χ2v) is 5.51. The number of rotatable bonds is 8. The Bertz CT molecular complexity index is 364. The third-order valence-corrected chi connectivity index (χ3v) is 4.12. The molecule has 1 aliphatic rings. The van der Waals surface area contributed by atoms with Crippen molar-refractivity contribution >= 4 is 0 Å². The minimum absolute atomic E-state index is 0.325. The first-order chi connectivity index (χ1) is 9.31. The van der Waals surface area contributed by atoms with Gasteiger partial charge < -0.3 is 15.0 Å². The predicted molar refractivity (Wildman–Crippen MR) is 78.0 cm³/mol. The lowest BCUT2D eigenvalue weighted by molar-refractivity contribution is 0.157. The fraction of sp³-hybridized carbons (Fsp3) is 0.733. The molecule has 0 radical (unpaired) electrons. The summed E-state index contributed by atoms with van der Waals surface area (Å²) >= 11 is 0. The fourth-order valence-corrected chi connectivity index (χ4v) is 2.86. The number of nitrogens with one attached hydrogen (secondary N) is 1. The molecule has 2 N–H and O–H groups in total. The molecule has 0 bridgehead atoms. The van der Waals surface area contributed by atoms with Crippen LogP contribution in [0, 0.1) is 0 Å². The summed E-state index contributed by atoms with van der Waals surface area (Å²) in [6.45, 7) is 4.65. The number of aliphatic hydroxyl groups excluding tert-OH is 1. The van der Waals surface area contributed by atoms with Crippen LogP contribution in [-0.2, 0) is 13.6 Å². The molecule has 19 heavy (non-hydrogen) atoms. The summed E-state index contributed by atoms with van der Waals surface area (Å²) in [6, 6.07) is 4.67. The maximum Gasteiger partial charge on any atom is 0.0586 e. The summed E-state index contributed by atoms with van der Waals surface area (Å²) in [7, 11) is 2.08. The molecule has 4 nitrogen and oxygen atoms in total. The lowest BCUT2D eigenvalue weighted by Crippen LogP contribution is -2.33. The second-order valence-electron chi connectivity index (χ2n) is 5.51. The number of aryl methyl sites for hydroxylation is 1. The Balaban J connectivity index is 1.52. The van der Waals surface area contributed by atoms with Gasteiger partial charge in [-0.15, -0.1) is 0 Å². The van der Waals surface area contributed by atoms with Gasteiger partial charge in [0.25, 0.3) is 0 Å². The van der Waals surface area contributed by atoms with E-state index in [-0.39, 0.29) is 0 Å². The SMILES string of the molecule is Cn1cccc1CNCCCCN1CCCC1CO. The van der Waals surface area contributed by atoms with E-state index in [0.29, 0.717) is 12.6 Å². The standard InChI is InChI=1S/C15H27N3O/c1-17-9-4-6-14(17)12-16-8-2-3-10-18-11-5-7-15(18)13-19/h4,6,9,15-16,19H,2-3,5,7-8,10-13H2,1H3. The van der Waals surface area contributed by atoms with Gasteiger partial charge in [-0.2, -0.15) is 0 Å². The maximum absolute atomic E-state index is 9.25. The van der Waals surface area contributed by atoms with Gasteiger partial charge in [0.15, 0.2) is 0 Å². The molecule has 1 aromatic heterocycles. The highest BCUT2D eigenvalue weighted by Gasteiger charge is 2.22. The highest BCUT2D eigenvalue weighted by atomic mass is 16.3. The molecule has 1 aromatic rings. The van der Waals surface area contributed by atoms with Gasteiger partial charge in [-0.05, 0) is 57.5 Å². The highest BCUT2D eigenvalue weighted by Crippen LogP contribution is 2.16. The molecule has 0 spiro atoms. The van der Waals surface area contributed by atoms with Gasteiger partial charge in [0.2, 0.25) is 0 Å². The van der Waals surface area contributed by atoms with E-state index in [1.165, 1.54) is 37.9 Å². The van der Waals surface area contributed by atoms with E-state index in [0.717, 1.165) is 19.6 Å².